The molecule has 0 spiro atoms. The molecule has 0 saturated carbocycles. The molecular formula is C7H13N5O. The summed E-state index contributed by atoms with van der Waals surface area (Å²) in [4.78, 5) is 11.1. The first-order valence-electron chi connectivity index (χ1n) is 4.05. The van der Waals surface area contributed by atoms with Crippen molar-refractivity contribution in [3.05, 3.63) is 11.8 Å². The van der Waals surface area contributed by atoms with Crippen LogP contribution in [0.5, 0.6) is 0 Å². The van der Waals surface area contributed by atoms with Gasteiger partial charge in [0.1, 0.15) is 5.82 Å². The van der Waals surface area contributed by atoms with Crippen LogP contribution in [0.4, 0.5) is 10.6 Å². The van der Waals surface area contributed by atoms with Crippen LogP contribution in [0.2, 0.25) is 0 Å². The first kappa shape index (κ1) is 9.53. The van der Waals surface area contributed by atoms with Crippen molar-refractivity contribution < 1.29 is 4.79 Å². The molecular weight excluding hydrogens is 170 g/mol. The van der Waals surface area contributed by atoms with Crippen molar-refractivity contribution in [3.8, 4) is 0 Å². The van der Waals surface area contributed by atoms with E-state index in [9.17, 15) is 4.79 Å². The maximum atomic E-state index is 11.1. The normalized spacial score (nSPS) is 9.69. The Kier molecular flexibility index (Phi) is 3.27. The number of H-pyrrole nitrogens is 1. The zero-order valence-electron chi connectivity index (χ0n) is 7.42. The van der Waals surface area contributed by atoms with Crippen LogP contribution in [-0.4, -0.2) is 22.8 Å². The minimum absolute atomic E-state index is 0.263. The molecule has 5 N–H and O–H groups in total. The molecule has 0 aliphatic carbocycles. The van der Waals surface area contributed by atoms with Gasteiger partial charge in [-0.1, -0.05) is 0 Å². The number of carbonyl (C=O) groups excluding carboxylic acids is 1. The summed E-state index contributed by atoms with van der Waals surface area (Å²) in [6, 6.07) is -0.263. The van der Waals surface area contributed by atoms with Crippen molar-refractivity contribution in [2.75, 3.05) is 11.9 Å². The highest BCUT2D eigenvalue weighted by molar-refractivity contribution is 5.88. The molecule has 0 aliphatic rings. The Morgan fingerprint density at radius 3 is 3.15 bits per heavy atom. The number of anilines is 1. The fraction of sp³-hybridized carbons (Fsp3) is 0.429. The second kappa shape index (κ2) is 4.46. The van der Waals surface area contributed by atoms with Gasteiger partial charge >= 0.3 is 6.03 Å². The fourth-order valence-corrected chi connectivity index (χ4v) is 0.892. The Balaban J connectivity index is 2.57. The van der Waals surface area contributed by atoms with Gasteiger partial charge in [-0.3, -0.25) is 10.4 Å². The van der Waals surface area contributed by atoms with E-state index in [2.05, 4.69) is 20.8 Å². The van der Waals surface area contributed by atoms with Gasteiger partial charge in [-0.2, -0.15) is 5.10 Å². The Bertz CT molecular complexity index is 282. The monoisotopic (exact) mass is 183 g/mol. The fourth-order valence-electron chi connectivity index (χ4n) is 0.892. The third kappa shape index (κ3) is 2.45. The standard InChI is InChI=1S/C7H13N5O/c1-2-9-7(13)11-6-5(3-8)4-10-12-6/h4H,2-3,8H2,1H3,(H3,9,10,11,12,13). The lowest BCUT2D eigenvalue weighted by Gasteiger charge is -2.04. The van der Waals surface area contributed by atoms with E-state index in [4.69, 9.17) is 5.73 Å². The summed E-state index contributed by atoms with van der Waals surface area (Å²) in [5.41, 5.74) is 6.20. The molecule has 6 nitrogen and oxygen atoms in total. The molecule has 6 heteroatoms. The molecule has 1 rings (SSSR count). The van der Waals surface area contributed by atoms with E-state index in [0.717, 1.165) is 5.56 Å². The van der Waals surface area contributed by atoms with Crippen LogP contribution in [0, 0.1) is 0 Å². The predicted molar refractivity (Wildman–Crippen MR) is 49.2 cm³/mol. The van der Waals surface area contributed by atoms with Gasteiger partial charge in [0.25, 0.3) is 0 Å². The molecule has 1 heterocycles. The number of nitrogens with two attached hydrogens (primary N) is 1. The smallest absolute Gasteiger partial charge is 0.320 e. The second-order valence-corrected chi connectivity index (χ2v) is 2.46. The van der Waals surface area contributed by atoms with Crippen LogP contribution in [-0.2, 0) is 6.54 Å². The van der Waals surface area contributed by atoms with Crippen molar-refractivity contribution in [3.63, 3.8) is 0 Å². The second-order valence-electron chi connectivity index (χ2n) is 2.46. The number of amides is 2. The van der Waals surface area contributed by atoms with E-state index in [1.165, 1.54) is 0 Å². The summed E-state index contributed by atoms with van der Waals surface area (Å²) in [6.07, 6.45) is 1.58. The quantitative estimate of drug-likeness (QED) is 0.531. The number of nitrogens with zero attached hydrogens (tertiary/aromatic N) is 1. The number of hydrogen-bond acceptors (Lipinski definition) is 3. The molecule has 2 amide bonds. The van der Waals surface area contributed by atoms with Gasteiger partial charge < -0.3 is 11.1 Å². The Morgan fingerprint density at radius 1 is 1.77 bits per heavy atom. The average Bonchev–Trinajstić information content (AvgIpc) is 2.52. The largest absolute Gasteiger partial charge is 0.338 e. The zero-order valence-corrected chi connectivity index (χ0v) is 7.42. The highest BCUT2D eigenvalue weighted by atomic mass is 16.2. The summed E-state index contributed by atoms with van der Waals surface area (Å²) >= 11 is 0. The molecule has 0 atom stereocenters. The third-order valence-corrected chi connectivity index (χ3v) is 1.51. The zero-order chi connectivity index (χ0) is 9.68. The van der Waals surface area contributed by atoms with Crippen LogP contribution in [0.25, 0.3) is 0 Å². The van der Waals surface area contributed by atoms with Crippen molar-refractivity contribution in [2.45, 2.75) is 13.5 Å². The molecule has 0 bridgehead atoms. The van der Waals surface area contributed by atoms with E-state index in [1.54, 1.807) is 6.20 Å². The Labute approximate surface area is 75.9 Å². The minimum Gasteiger partial charge on any atom is -0.338 e. The summed E-state index contributed by atoms with van der Waals surface area (Å²) in [7, 11) is 0. The van der Waals surface area contributed by atoms with Gasteiger partial charge in [0.15, 0.2) is 0 Å². The van der Waals surface area contributed by atoms with Gasteiger partial charge in [-0.15, -0.1) is 0 Å². The SMILES string of the molecule is CCNC(=O)Nc1[nH]ncc1CN. The maximum absolute atomic E-state index is 11.1. The van der Waals surface area contributed by atoms with E-state index in [1.807, 2.05) is 6.92 Å². The molecule has 1 aromatic rings. The Morgan fingerprint density at radius 2 is 2.54 bits per heavy atom. The molecule has 0 saturated heterocycles. The van der Waals surface area contributed by atoms with Crippen molar-refractivity contribution in [1.82, 2.24) is 15.5 Å². The summed E-state index contributed by atoms with van der Waals surface area (Å²) in [6.45, 7) is 2.77. The summed E-state index contributed by atoms with van der Waals surface area (Å²) < 4.78 is 0. The predicted octanol–water partition coefficient (Wildman–Crippen LogP) is 0.00980. The van der Waals surface area contributed by atoms with Gasteiger partial charge in [0, 0.05) is 18.7 Å². The average molecular weight is 183 g/mol. The number of hydrogen-bond donors (Lipinski definition) is 4. The lowest BCUT2D eigenvalue weighted by molar-refractivity contribution is 0.252. The highest BCUT2D eigenvalue weighted by Gasteiger charge is 2.05. The first-order chi connectivity index (χ1) is 6.27. The first-order valence-corrected chi connectivity index (χ1v) is 4.05. The van der Waals surface area contributed by atoms with Crippen LogP contribution in [0.15, 0.2) is 6.20 Å². The van der Waals surface area contributed by atoms with Crippen molar-refractivity contribution >= 4 is 11.8 Å². The number of carbonyl (C=O) groups is 1. The molecule has 0 unspecified atom stereocenters. The molecule has 13 heavy (non-hydrogen) atoms. The third-order valence-electron chi connectivity index (χ3n) is 1.51. The van der Waals surface area contributed by atoms with Gasteiger partial charge in [-0.05, 0) is 6.92 Å². The summed E-state index contributed by atoms with van der Waals surface area (Å²) in [5.74, 6) is 0.549. The van der Waals surface area contributed by atoms with E-state index >= 15 is 0 Å². The van der Waals surface area contributed by atoms with Crippen molar-refractivity contribution in [1.29, 1.82) is 0 Å². The lowest BCUT2D eigenvalue weighted by Crippen LogP contribution is -2.28. The topological polar surface area (TPSA) is 95.8 Å². The lowest BCUT2D eigenvalue weighted by atomic mass is 10.3. The molecule has 72 valence electrons. The van der Waals surface area contributed by atoms with Crippen LogP contribution < -0.4 is 16.4 Å². The van der Waals surface area contributed by atoms with Crippen molar-refractivity contribution in [2.24, 2.45) is 5.73 Å². The number of rotatable bonds is 3. The molecule has 0 aliphatic heterocycles. The van der Waals surface area contributed by atoms with Gasteiger partial charge in [-0.25, -0.2) is 4.79 Å². The van der Waals surface area contributed by atoms with Crippen LogP contribution in [0.1, 0.15) is 12.5 Å². The number of aromatic nitrogens is 2. The summed E-state index contributed by atoms with van der Waals surface area (Å²) in [5, 5.41) is 11.6. The molecule has 0 radical (unpaired) electrons. The molecule has 1 aromatic heterocycles. The highest BCUT2D eigenvalue weighted by Crippen LogP contribution is 2.08. The molecule has 0 fully saturated rings. The van der Waals surface area contributed by atoms with Crippen LogP contribution in [0.3, 0.4) is 0 Å². The number of nitrogens with one attached hydrogen (secondary N) is 3. The van der Waals surface area contributed by atoms with Gasteiger partial charge in [0.05, 0.1) is 6.20 Å². The number of urea groups is 1. The Hall–Kier alpha value is -1.56. The van der Waals surface area contributed by atoms with E-state index in [0.29, 0.717) is 18.9 Å². The number of aromatic amines is 1. The van der Waals surface area contributed by atoms with Gasteiger partial charge in [0.2, 0.25) is 0 Å². The van der Waals surface area contributed by atoms with E-state index < -0.39 is 0 Å². The maximum Gasteiger partial charge on any atom is 0.320 e. The van der Waals surface area contributed by atoms with Crippen LogP contribution >= 0.6 is 0 Å². The molecule has 0 aromatic carbocycles. The van der Waals surface area contributed by atoms with E-state index in [-0.39, 0.29) is 6.03 Å². The minimum atomic E-state index is -0.263.